The fourth-order valence-electron chi connectivity index (χ4n) is 3.26. The number of benzene rings is 1. The van der Waals surface area contributed by atoms with Gasteiger partial charge in [-0.05, 0) is 38.0 Å². The minimum absolute atomic E-state index is 0.0133. The van der Waals surface area contributed by atoms with Crippen LogP contribution < -0.4 is 5.32 Å². The monoisotopic (exact) mass is 390 g/mol. The van der Waals surface area contributed by atoms with Gasteiger partial charge < -0.3 is 15.0 Å². The highest BCUT2D eigenvalue weighted by atomic mass is 19.1. The molecule has 0 fully saturated rings. The molecule has 1 aliphatic heterocycles. The van der Waals surface area contributed by atoms with E-state index >= 15 is 0 Å². The number of ether oxygens (including phenoxy) is 1. The largest absolute Gasteiger partial charge is 0.463 e. The van der Waals surface area contributed by atoms with Crippen molar-refractivity contribution in [3.63, 3.8) is 0 Å². The average molecular weight is 390 g/mol. The number of rotatable bonds is 8. The molecule has 0 aromatic heterocycles. The van der Waals surface area contributed by atoms with Gasteiger partial charge in [-0.1, -0.05) is 25.5 Å². The van der Waals surface area contributed by atoms with E-state index in [4.69, 9.17) is 4.74 Å². The highest BCUT2D eigenvalue weighted by Gasteiger charge is 2.37. The molecule has 1 aromatic rings. The third kappa shape index (κ3) is 5.18. The standard InChI is InChI=1S/C21H27FN2O4/c1-4-6-11-23-18(25)13-24-14(3)20(21(27)28-5-2)17(12-19(24)26)15-7-9-16(22)10-8-15/h7-10,17H,4-6,11-13H2,1-3H3,(H,23,25). The van der Waals surface area contributed by atoms with Gasteiger partial charge in [-0.25, -0.2) is 9.18 Å². The number of allylic oxidation sites excluding steroid dienone is 1. The molecule has 0 radical (unpaired) electrons. The van der Waals surface area contributed by atoms with Crippen LogP contribution in [0.3, 0.4) is 0 Å². The summed E-state index contributed by atoms with van der Waals surface area (Å²) in [4.78, 5) is 38.9. The van der Waals surface area contributed by atoms with E-state index in [2.05, 4.69) is 5.32 Å². The van der Waals surface area contributed by atoms with Crippen molar-refractivity contribution in [2.75, 3.05) is 19.7 Å². The maximum Gasteiger partial charge on any atom is 0.336 e. The van der Waals surface area contributed by atoms with Crippen LogP contribution in [-0.2, 0) is 19.1 Å². The molecule has 152 valence electrons. The molecule has 0 saturated heterocycles. The molecule has 6 nitrogen and oxygen atoms in total. The van der Waals surface area contributed by atoms with Gasteiger partial charge in [-0.15, -0.1) is 0 Å². The van der Waals surface area contributed by atoms with Gasteiger partial charge in [0.15, 0.2) is 0 Å². The molecule has 2 rings (SSSR count). The Kier molecular flexibility index (Phi) is 7.72. The minimum Gasteiger partial charge on any atom is -0.463 e. The van der Waals surface area contributed by atoms with E-state index in [0.29, 0.717) is 23.4 Å². The number of esters is 1. The molecule has 28 heavy (non-hydrogen) atoms. The number of hydrogen-bond acceptors (Lipinski definition) is 4. The fraction of sp³-hybridized carbons (Fsp3) is 0.476. The van der Waals surface area contributed by atoms with Crippen LogP contribution in [0.25, 0.3) is 0 Å². The third-order valence-electron chi connectivity index (χ3n) is 4.74. The SMILES string of the molecule is CCCCNC(=O)CN1C(=O)CC(c2ccc(F)cc2)C(C(=O)OCC)=C1C. The number of unbranched alkanes of at least 4 members (excludes halogenated alkanes) is 1. The first-order chi connectivity index (χ1) is 13.4. The van der Waals surface area contributed by atoms with Crippen LogP contribution >= 0.6 is 0 Å². The predicted octanol–water partition coefficient (Wildman–Crippen LogP) is 2.90. The Bertz CT molecular complexity index is 758. The second-order valence-corrected chi connectivity index (χ2v) is 6.71. The summed E-state index contributed by atoms with van der Waals surface area (Å²) in [5, 5.41) is 2.78. The molecule has 2 amide bonds. The third-order valence-corrected chi connectivity index (χ3v) is 4.74. The molecule has 1 atom stereocenters. The zero-order chi connectivity index (χ0) is 20.7. The van der Waals surface area contributed by atoms with Crippen molar-refractivity contribution < 1.29 is 23.5 Å². The zero-order valence-electron chi connectivity index (χ0n) is 16.6. The molecular formula is C21H27FN2O4. The Hall–Kier alpha value is -2.70. The minimum atomic E-state index is -0.536. The molecule has 1 aromatic carbocycles. The Morgan fingerprint density at radius 1 is 1.25 bits per heavy atom. The van der Waals surface area contributed by atoms with Gasteiger partial charge in [0.05, 0.1) is 12.2 Å². The molecule has 0 spiro atoms. The van der Waals surface area contributed by atoms with Crippen molar-refractivity contribution in [2.24, 2.45) is 0 Å². The Labute approximate surface area is 164 Å². The van der Waals surface area contributed by atoms with Crippen LogP contribution in [0.2, 0.25) is 0 Å². The quantitative estimate of drug-likeness (QED) is 0.547. The second kappa shape index (κ2) is 10.0. The number of hydrogen-bond donors (Lipinski definition) is 1. The summed E-state index contributed by atoms with van der Waals surface area (Å²) >= 11 is 0. The van der Waals surface area contributed by atoms with E-state index in [1.807, 2.05) is 6.92 Å². The van der Waals surface area contributed by atoms with Gasteiger partial charge in [-0.3, -0.25) is 9.59 Å². The summed E-state index contributed by atoms with van der Waals surface area (Å²) in [5.41, 5.74) is 1.38. The molecule has 1 N–H and O–H groups in total. The van der Waals surface area contributed by atoms with Crippen molar-refractivity contribution in [3.05, 3.63) is 46.9 Å². The van der Waals surface area contributed by atoms with Crippen LogP contribution in [0, 0.1) is 5.82 Å². The van der Waals surface area contributed by atoms with E-state index in [-0.39, 0.29) is 31.4 Å². The maximum absolute atomic E-state index is 13.3. The van der Waals surface area contributed by atoms with E-state index in [0.717, 1.165) is 12.8 Å². The van der Waals surface area contributed by atoms with Crippen molar-refractivity contribution in [3.8, 4) is 0 Å². The lowest BCUT2D eigenvalue weighted by Gasteiger charge is -2.34. The lowest BCUT2D eigenvalue weighted by Crippen LogP contribution is -2.44. The van der Waals surface area contributed by atoms with Crippen molar-refractivity contribution in [2.45, 2.75) is 46.0 Å². The summed E-state index contributed by atoms with van der Waals surface area (Å²) in [6.45, 7) is 5.95. The van der Waals surface area contributed by atoms with Crippen LogP contribution in [0.1, 0.15) is 51.5 Å². The molecule has 1 heterocycles. The molecule has 0 aliphatic carbocycles. The summed E-state index contributed by atoms with van der Waals surface area (Å²) in [7, 11) is 0. The van der Waals surface area contributed by atoms with E-state index < -0.39 is 17.7 Å². The number of amides is 2. The Morgan fingerprint density at radius 2 is 1.93 bits per heavy atom. The van der Waals surface area contributed by atoms with Gasteiger partial charge in [0.2, 0.25) is 11.8 Å². The molecule has 1 aliphatic rings. The number of carbonyl (C=O) groups excluding carboxylic acids is 3. The summed E-state index contributed by atoms with van der Waals surface area (Å²) in [6, 6.07) is 5.72. The lowest BCUT2D eigenvalue weighted by atomic mass is 9.83. The normalized spacial score (nSPS) is 16.9. The van der Waals surface area contributed by atoms with Gasteiger partial charge in [0.1, 0.15) is 12.4 Å². The van der Waals surface area contributed by atoms with Crippen molar-refractivity contribution in [1.29, 1.82) is 0 Å². The number of nitrogens with zero attached hydrogens (tertiary/aromatic N) is 1. The molecular weight excluding hydrogens is 363 g/mol. The average Bonchev–Trinajstić information content (AvgIpc) is 2.65. The maximum atomic E-state index is 13.3. The van der Waals surface area contributed by atoms with Gasteiger partial charge in [0, 0.05) is 24.6 Å². The number of halogens is 1. The lowest BCUT2D eigenvalue weighted by molar-refractivity contribution is -0.141. The molecule has 7 heteroatoms. The predicted molar refractivity (Wildman–Crippen MR) is 103 cm³/mol. The van der Waals surface area contributed by atoms with E-state index in [9.17, 15) is 18.8 Å². The summed E-state index contributed by atoms with van der Waals surface area (Å²) in [5.74, 6) is -1.99. The molecule has 0 saturated carbocycles. The first kappa shape index (κ1) is 21.6. The smallest absolute Gasteiger partial charge is 0.336 e. The van der Waals surface area contributed by atoms with Gasteiger partial charge >= 0.3 is 5.97 Å². The fourth-order valence-corrected chi connectivity index (χ4v) is 3.26. The van der Waals surface area contributed by atoms with Crippen LogP contribution in [0.15, 0.2) is 35.5 Å². The van der Waals surface area contributed by atoms with Crippen LogP contribution in [0.5, 0.6) is 0 Å². The van der Waals surface area contributed by atoms with Crippen molar-refractivity contribution in [1.82, 2.24) is 10.2 Å². The highest BCUT2D eigenvalue weighted by Crippen LogP contribution is 2.37. The Morgan fingerprint density at radius 3 is 2.54 bits per heavy atom. The van der Waals surface area contributed by atoms with Gasteiger partial charge in [0.25, 0.3) is 0 Å². The second-order valence-electron chi connectivity index (χ2n) is 6.71. The van der Waals surface area contributed by atoms with Crippen molar-refractivity contribution >= 4 is 17.8 Å². The highest BCUT2D eigenvalue weighted by molar-refractivity contribution is 5.97. The van der Waals surface area contributed by atoms with Gasteiger partial charge in [-0.2, -0.15) is 0 Å². The zero-order valence-corrected chi connectivity index (χ0v) is 16.6. The first-order valence-electron chi connectivity index (χ1n) is 9.59. The summed E-state index contributed by atoms with van der Waals surface area (Å²) in [6.07, 6.45) is 1.82. The van der Waals surface area contributed by atoms with Crippen LogP contribution in [-0.4, -0.2) is 42.4 Å². The molecule has 1 unspecified atom stereocenters. The number of carbonyl (C=O) groups is 3. The van der Waals surface area contributed by atoms with E-state index in [1.165, 1.54) is 17.0 Å². The van der Waals surface area contributed by atoms with E-state index in [1.54, 1.807) is 26.0 Å². The first-order valence-corrected chi connectivity index (χ1v) is 9.59. The molecule has 0 bridgehead atoms. The summed E-state index contributed by atoms with van der Waals surface area (Å²) < 4.78 is 18.5. The van der Waals surface area contributed by atoms with Crippen LogP contribution in [0.4, 0.5) is 4.39 Å². The Balaban J connectivity index is 2.33. The number of nitrogens with one attached hydrogen (secondary N) is 1. The topological polar surface area (TPSA) is 75.7 Å².